The van der Waals surface area contributed by atoms with Gasteiger partial charge in [0.15, 0.2) is 0 Å². The van der Waals surface area contributed by atoms with E-state index >= 15 is 0 Å². The van der Waals surface area contributed by atoms with Crippen LogP contribution in [0.25, 0.3) is 0 Å². The van der Waals surface area contributed by atoms with Gasteiger partial charge in [-0.15, -0.1) is 0 Å². The van der Waals surface area contributed by atoms with Gasteiger partial charge in [-0.05, 0) is 26.3 Å². The number of rotatable bonds is 4. The molecule has 0 radical (unpaired) electrons. The van der Waals surface area contributed by atoms with E-state index in [0.29, 0.717) is 6.04 Å². The van der Waals surface area contributed by atoms with E-state index in [0.717, 1.165) is 19.6 Å². The Balaban J connectivity index is 2.17. The zero-order valence-electron chi connectivity index (χ0n) is 8.19. The summed E-state index contributed by atoms with van der Waals surface area (Å²) in [6, 6.07) is 0.654. The van der Waals surface area contributed by atoms with Crippen LogP contribution in [-0.4, -0.2) is 25.7 Å². The number of hydrogen-bond donors (Lipinski definition) is 2. The van der Waals surface area contributed by atoms with Gasteiger partial charge in [0.1, 0.15) is 0 Å². The molecule has 0 spiro atoms. The van der Waals surface area contributed by atoms with E-state index in [1.807, 2.05) is 0 Å². The largest absolute Gasteiger partial charge is 0.313 e. The topological polar surface area (TPSA) is 24.1 Å². The van der Waals surface area contributed by atoms with Crippen LogP contribution in [-0.2, 0) is 0 Å². The van der Waals surface area contributed by atoms with Gasteiger partial charge in [-0.3, -0.25) is 0 Å². The summed E-state index contributed by atoms with van der Waals surface area (Å²) in [6.45, 7) is 7.73. The van der Waals surface area contributed by atoms with Crippen LogP contribution in [0.1, 0.15) is 26.7 Å². The summed E-state index contributed by atoms with van der Waals surface area (Å²) >= 11 is 0. The fourth-order valence-corrected chi connectivity index (χ4v) is 1.28. The zero-order valence-corrected chi connectivity index (χ0v) is 8.19. The molecule has 0 aromatic heterocycles. The van der Waals surface area contributed by atoms with Crippen LogP contribution in [0.3, 0.4) is 0 Å². The van der Waals surface area contributed by atoms with Gasteiger partial charge in [0.2, 0.25) is 0 Å². The third kappa shape index (κ3) is 3.37. The predicted molar refractivity (Wildman–Crippen MR) is 53.3 cm³/mol. The number of nitrogens with one attached hydrogen (secondary N) is 2. The first-order valence-electron chi connectivity index (χ1n) is 4.95. The second-order valence-corrected chi connectivity index (χ2v) is 3.51. The normalized spacial score (nSPS) is 20.3. The third-order valence-corrected chi connectivity index (χ3v) is 2.45. The Hall–Kier alpha value is -0.340. The molecule has 0 aliphatic carbocycles. The maximum Gasteiger partial charge on any atom is 0.0168 e. The van der Waals surface area contributed by atoms with Crippen molar-refractivity contribution in [3.63, 3.8) is 0 Å². The molecule has 1 aliphatic rings. The van der Waals surface area contributed by atoms with Crippen molar-refractivity contribution in [2.45, 2.75) is 32.7 Å². The molecule has 1 rings (SSSR count). The lowest BCUT2D eigenvalue weighted by molar-refractivity contribution is 0.546. The Morgan fingerprint density at radius 1 is 1.67 bits per heavy atom. The standard InChI is InChI=1S/C10H20N2/c1-3-9(2)12-8-10-4-6-11-7-5-10/h4,9,11-12H,3,5-8H2,1-2H3. The lowest BCUT2D eigenvalue weighted by Crippen LogP contribution is -2.30. The molecule has 2 heteroatoms. The third-order valence-electron chi connectivity index (χ3n) is 2.45. The molecule has 0 aromatic carbocycles. The van der Waals surface area contributed by atoms with Crippen LogP contribution in [0.4, 0.5) is 0 Å². The molecule has 1 aliphatic heterocycles. The van der Waals surface area contributed by atoms with E-state index < -0.39 is 0 Å². The SMILES string of the molecule is CCC(C)NCC1=CCNCC1. The fraction of sp³-hybridized carbons (Fsp3) is 0.800. The van der Waals surface area contributed by atoms with E-state index in [2.05, 4.69) is 30.6 Å². The minimum Gasteiger partial charge on any atom is -0.313 e. The Labute approximate surface area is 75.4 Å². The fourth-order valence-electron chi connectivity index (χ4n) is 1.28. The highest BCUT2D eigenvalue weighted by atomic mass is 14.9. The lowest BCUT2D eigenvalue weighted by Gasteiger charge is -2.17. The van der Waals surface area contributed by atoms with Crippen molar-refractivity contribution >= 4 is 0 Å². The van der Waals surface area contributed by atoms with Crippen molar-refractivity contribution in [3.05, 3.63) is 11.6 Å². The molecule has 0 saturated carbocycles. The van der Waals surface area contributed by atoms with E-state index in [9.17, 15) is 0 Å². The van der Waals surface area contributed by atoms with E-state index in [1.165, 1.54) is 12.8 Å². The van der Waals surface area contributed by atoms with Crippen LogP contribution < -0.4 is 10.6 Å². The summed E-state index contributed by atoms with van der Waals surface area (Å²) in [7, 11) is 0. The van der Waals surface area contributed by atoms with Gasteiger partial charge in [-0.25, -0.2) is 0 Å². The van der Waals surface area contributed by atoms with Crippen molar-refractivity contribution in [3.8, 4) is 0 Å². The summed E-state index contributed by atoms with van der Waals surface area (Å²) in [5, 5.41) is 6.82. The Bertz CT molecular complexity index is 152. The van der Waals surface area contributed by atoms with Crippen molar-refractivity contribution < 1.29 is 0 Å². The molecule has 0 saturated heterocycles. The van der Waals surface area contributed by atoms with Gasteiger partial charge in [0.05, 0.1) is 0 Å². The highest BCUT2D eigenvalue weighted by molar-refractivity contribution is 5.08. The average Bonchev–Trinajstić information content (AvgIpc) is 2.16. The van der Waals surface area contributed by atoms with Crippen LogP contribution in [0.2, 0.25) is 0 Å². The van der Waals surface area contributed by atoms with E-state index in [-0.39, 0.29) is 0 Å². The first-order valence-corrected chi connectivity index (χ1v) is 4.95. The molecular weight excluding hydrogens is 148 g/mol. The highest BCUT2D eigenvalue weighted by Gasteiger charge is 2.03. The molecule has 0 bridgehead atoms. The van der Waals surface area contributed by atoms with E-state index in [4.69, 9.17) is 0 Å². The molecule has 0 amide bonds. The van der Waals surface area contributed by atoms with Gasteiger partial charge in [-0.2, -0.15) is 0 Å². The van der Waals surface area contributed by atoms with Crippen molar-refractivity contribution in [1.82, 2.24) is 10.6 Å². The molecule has 2 nitrogen and oxygen atoms in total. The number of hydrogen-bond acceptors (Lipinski definition) is 2. The predicted octanol–water partition coefficient (Wildman–Crippen LogP) is 1.29. The molecule has 70 valence electrons. The smallest absolute Gasteiger partial charge is 0.0168 e. The van der Waals surface area contributed by atoms with Gasteiger partial charge in [0.25, 0.3) is 0 Å². The summed E-state index contributed by atoms with van der Waals surface area (Å²) in [6.07, 6.45) is 4.73. The van der Waals surface area contributed by atoms with Crippen LogP contribution in [0, 0.1) is 0 Å². The zero-order chi connectivity index (χ0) is 8.81. The molecule has 0 fully saturated rings. The summed E-state index contributed by atoms with van der Waals surface area (Å²) in [5.74, 6) is 0. The minimum atomic E-state index is 0.654. The van der Waals surface area contributed by atoms with Crippen LogP contribution in [0.15, 0.2) is 11.6 Å². The monoisotopic (exact) mass is 168 g/mol. The highest BCUT2D eigenvalue weighted by Crippen LogP contribution is 2.02. The van der Waals surface area contributed by atoms with Crippen LogP contribution in [0.5, 0.6) is 0 Å². The first-order chi connectivity index (χ1) is 5.83. The van der Waals surface area contributed by atoms with Gasteiger partial charge < -0.3 is 10.6 Å². The summed E-state index contributed by atoms with van der Waals surface area (Å²) in [5.41, 5.74) is 1.56. The van der Waals surface area contributed by atoms with Crippen LogP contribution >= 0.6 is 0 Å². The van der Waals surface area contributed by atoms with E-state index in [1.54, 1.807) is 5.57 Å². The maximum absolute atomic E-state index is 3.51. The quantitative estimate of drug-likeness (QED) is 0.618. The minimum absolute atomic E-state index is 0.654. The van der Waals surface area contributed by atoms with Crippen molar-refractivity contribution in [2.75, 3.05) is 19.6 Å². The second kappa shape index (κ2) is 5.33. The van der Waals surface area contributed by atoms with Gasteiger partial charge >= 0.3 is 0 Å². The molecule has 1 unspecified atom stereocenters. The Kier molecular flexibility index (Phi) is 4.33. The Morgan fingerprint density at radius 2 is 2.50 bits per heavy atom. The Morgan fingerprint density at radius 3 is 3.08 bits per heavy atom. The van der Waals surface area contributed by atoms with Crippen molar-refractivity contribution in [1.29, 1.82) is 0 Å². The maximum atomic E-state index is 3.51. The van der Waals surface area contributed by atoms with Crippen molar-refractivity contribution in [2.24, 2.45) is 0 Å². The molecule has 0 aromatic rings. The van der Waals surface area contributed by atoms with Gasteiger partial charge in [0, 0.05) is 19.1 Å². The molecule has 1 atom stereocenters. The summed E-state index contributed by atoms with van der Waals surface area (Å²) in [4.78, 5) is 0. The molecule has 2 N–H and O–H groups in total. The first kappa shape index (κ1) is 9.75. The molecule has 1 heterocycles. The lowest BCUT2D eigenvalue weighted by atomic mass is 10.1. The second-order valence-electron chi connectivity index (χ2n) is 3.51. The molecular formula is C10H20N2. The summed E-state index contributed by atoms with van der Waals surface area (Å²) < 4.78 is 0. The average molecular weight is 168 g/mol. The molecule has 12 heavy (non-hydrogen) atoms. The van der Waals surface area contributed by atoms with Gasteiger partial charge in [-0.1, -0.05) is 18.6 Å².